The van der Waals surface area contributed by atoms with Crippen LogP contribution in [0.3, 0.4) is 0 Å². The third-order valence-corrected chi connectivity index (χ3v) is 2.57. The summed E-state index contributed by atoms with van der Waals surface area (Å²) in [4.78, 5) is 12.3. The van der Waals surface area contributed by atoms with Crippen LogP contribution in [0.25, 0.3) is 0 Å². The predicted molar refractivity (Wildman–Crippen MR) is 76.0 cm³/mol. The number of nitrogens with two attached hydrogens (primary N) is 1. The van der Waals surface area contributed by atoms with E-state index in [0.29, 0.717) is 18.5 Å². The summed E-state index contributed by atoms with van der Waals surface area (Å²) in [5.74, 6) is 6.77. The van der Waals surface area contributed by atoms with E-state index in [4.69, 9.17) is 10.6 Å². The van der Waals surface area contributed by atoms with E-state index < -0.39 is 0 Å². The van der Waals surface area contributed by atoms with Crippen molar-refractivity contribution in [3.05, 3.63) is 0 Å². The Kier molecular flexibility index (Phi) is 6.27. The number of anilines is 2. The minimum Gasteiger partial charge on any atom is -0.464 e. The van der Waals surface area contributed by atoms with Crippen LogP contribution < -0.4 is 21.3 Å². The lowest BCUT2D eigenvalue weighted by atomic mass is 10.0. The first-order valence-electron chi connectivity index (χ1n) is 6.67. The van der Waals surface area contributed by atoms with E-state index in [9.17, 15) is 0 Å². The molecule has 1 heterocycles. The van der Waals surface area contributed by atoms with Gasteiger partial charge in [0.15, 0.2) is 0 Å². The summed E-state index contributed by atoms with van der Waals surface area (Å²) < 4.78 is 5.27. The molecule has 1 atom stereocenters. The fourth-order valence-electron chi connectivity index (χ4n) is 1.56. The summed E-state index contributed by atoms with van der Waals surface area (Å²) in [5, 5.41) is 3.23. The van der Waals surface area contributed by atoms with E-state index in [-0.39, 0.29) is 18.0 Å². The largest absolute Gasteiger partial charge is 0.464 e. The van der Waals surface area contributed by atoms with Crippen LogP contribution in [-0.4, -0.2) is 27.6 Å². The Morgan fingerprint density at radius 2 is 1.79 bits per heavy atom. The third-order valence-electron chi connectivity index (χ3n) is 2.57. The Morgan fingerprint density at radius 1 is 1.11 bits per heavy atom. The van der Waals surface area contributed by atoms with Crippen LogP contribution >= 0.6 is 0 Å². The van der Waals surface area contributed by atoms with Crippen LogP contribution in [0.15, 0.2) is 0 Å². The molecular formula is C12H24N6O. The fourth-order valence-corrected chi connectivity index (χ4v) is 1.56. The Bertz CT molecular complexity index is 384. The van der Waals surface area contributed by atoms with Crippen molar-refractivity contribution in [2.45, 2.75) is 46.6 Å². The number of rotatable bonds is 8. The molecule has 1 unspecified atom stereocenters. The monoisotopic (exact) mass is 268 g/mol. The molecule has 0 aliphatic rings. The second-order valence-electron chi connectivity index (χ2n) is 4.86. The highest BCUT2D eigenvalue weighted by Gasteiger charge is 2.09. The van der Waals surface area contributed by atoms with E-state index in [2.05, 4.69) is 46.5 Å². The Hall–Kier alpha value is -1.63. The van der Waals surface area contributed by atoms with Crippen molar-refractivity contribution in [1.29, 1.82) is 0 Å². The summed E-state index contributed by atoms with van der Waals surface area (Å²) in [5.41, 5.74) is 2.41. The molecule has 0 bridgehead atoms. The van der Waals surface area contributed by atoms with Gasteiger partial charge >= 0.3 is 6.01 Å². The molecule has 0 amide bonds. The molecule has 7 nitrogen and oxygen atoms in total. The number of nitrogens with zero attached hydrogens (tertiary/aromatic N) is 3. The lowest BCUT2D eigenvalue weighted by Crippen LogP contribution is -2.20. The van der Waals surface area contributed by atoms with Crippen LogP contribution in [0.4, 0.5) is 11.9 Å². The van der Waals surface area contributed by atoms with Crippen LogP contribution in [0.2, 0.25) is 0 Å². The van der Waals surface area contributed by atoms with Crippen molar-refractivity contribution in [2.24, 2.45) is 11.8 Å². The number of aromatic nitrogens is 3. The second-order valence-corrected chi connectivity index (χ2v) is 4.86. The summed E-state index contributed by atoms with van der Waals surface area (Å²) in [6.45, 7) is 8.88. The molecule has 7 heteroatoms. The van der Waals surface area contributed by atoms with Crippen LogP contribution in [0.5, 0.6) is 6.01 Å². The molecule has 0 fully saturated rings. The van der Waals surface area contributed by atoms with Gasteiger partial charge in [0.25, 0.3) is 0 Å². The average molecular weight is 268 g/mol. The van der Waals surface area contributed by atoms with E-state index in [1.54, 1.807) is 0 Å². The number of nitrogens with one attached hydrogen (secondary N) is 2. The van der Waals surface area contributed by atoms with Crippen molar-refractivity contribution in [2.75, 3.05) is 17.3 Å². The number of hydrogen-bond acceptors (Lipinski definition) is 7. The van der Waals surface area contributed by atoms with Crippen molar-refractivity contribution >= 4 is 11.9 Å². The Balaban J connectivity index is 2.67. The SMILES string of the molecule is CCOc1nc(NN)nc(NC(C)CCC(C)C)n1. The summed E-state index contributed by atoms with van der Waals surface area (Å²) in [6.07, 6.45) is 2.21. The van der Waals surface area contributed by atoms with Crippen molar-refractivity contribution in [1.82, 2.24) is 15.0 Å². The maximum atomic E-state index is 5.33. The van der Waals surface area contributed by atoms with Crippen LogP contribution in [0.1, 0.15) is 40.5 Å². The summed E-state index contributed by atoms with van der Waals surface area (Å²) in [6, 6.07) is 0.550. The predicted octanol–water partition coefficient (Wildman–Crippen LogP) is 1.79. The van der Waals surface area contributed by atoms with Crippen molar-refractivity contribution in [3.8, 4) is 6.01 Å². The minimum atomic E-state index is 0.268. The van der Waals surface area contributed by atoms with Gasteiger partial charge in [-0.3, -0.25) is 5.43 Å². The van der Waals surface area contributed by atoms with Gasteiger partial charge in [-0.1, -0.05) is 13.8 Å². The highest BCUT2D eigenvalue weighted by molar-refractivity contribution is 5.35. The van der Waals surface area contributed by atoms with Gasteiger partial charge in [-0.25, -0.2) is 5.84 Å². The topological polar surface area (TPSA) is 98.0 Å². The van der Waals surface area contributed by atoms with Crippen LogP contribution in [0, 0.1) is 5.92 Å². The van der Waals surface area contributed by atoms with Gasteiger partial charge in [0.2, 0.25) is 11.9 Å². The summed E-state index contributed by atoms with van der Waals surface area (Å²) >= 11 is 0. The quantitative estimate of drug-likeness (QED) is 0.488. The minimum absolute atomic E-state index is 0.268. The lowest BCUT2D eigenvalue weighted by Gasteiger charge is -2.15. The molecule has 0 spiro atoms. The second kappa shape index (κ2) is 7.73. The molecule has 4 N–H and O–H groups in total. The molecule has 0 aliphatic carbocycles. The van der Waals surface area contributed by atoms with Gasteiger partial charge in [0.05, 0.1) is 6.61 Å². The average Bonchev–Trinajstić information content (AvgIpc) is 2.36. The van der Waals surface area contributed by atoms with Crippen LogP contribution in [-0.2, 0) is 0 Å². The Labute approximate surface area is 114 Å². The molecule has 1 aromatic heterocycles. The highest BCUT2D eigenvalue weighted by atomic mass is 16.5. The zero-order valence-electron chi connectivity index (χ0n) is 12.1. The van der Waals surface area contributed by atoms with E-state index in [1.165, 1.54) is 0 Å². The molecule has 19 heavy (non-hydrogen) atoms. The molecule has 0 aromatic carbocycles. The Morgan fingerprint density at radius 3 is 2.37 bits per heavy atom. The number of hydrogen-bond donors (Lipinski definition) is 3. The maximum absolute atomic E-state index is 5.33. The zero-order chi connectivity index (χ0) is 14.3. The molecular weight excluding hydrogens is 244 g/mol. The molecule has 0 radical (unpaired) electrons. The van der Waals surface area contributed by atoms with Crippen molar-refractivity contribution in [3.63, 3.8) is 0 Å². The molecule has 1 rings (SSSR count). The van der Waals surface area contributed by atoms with Crippen molar-refractivity contribution < 1.29 is 4.74 Å². The van der Waals surface area contributed by atoms with Gasteiger partial charge in [-0.05, 0) is 32.6 Å². The highest BCUT2D eigenvalue weighted by Crippen LogP contribution is 2.14. The van der Waals surface area contributed by atoms with Gasteiger partial charge in [-0.15, -0.1) is 0 Å². The van der Waals surface area contributed by atoms with E-state index in [1.807, 2.05) is 6.92 Å². The summed E-state index contributed by atoms with van der Waals surface area (Å²) in [7, 11) is 0. The zero-order valence-corrected chi connectivity index (χ0v) is 12.1. The first-order chi connectivity index (χ1) is 9.05. The smallest absolute Gasteiger partial charge is 0.323 e. The van der Waals surface area contributed by atoms with Gasteiger partial charge in [0.1, 0.15) is 0 Å². The molecule has 108 valence electrons. The van der Waals surface area contributed by atoms with Gasteiger partial charge in [0, 0.05) is 6.04 Å². The first-order valence-corrected chi connectivity index (χ1v) is 6.67. The van der Waals surface area contributed by atoms with Gasteiger partial charge in [-0.2, -0.15) is 15.0 Å². The van der Waals surface area contributed by atoms with E-state index >= 15 is 0 Å². The maximum Gasteiger partial charge on any atom is 0.323 e. The number of hydrazine groups is 1. The molecule has 0 aliphatic heterocycles. The van der Waals surface area contributed by atoms with E-state index in [0.717, 1.165) is 12.8 Å². The standard InChI is InChI=1S/C12H24N6O/c1-5-19-12-16-10(15-11(17-12)18-13)14-9(4)7-6-8(2)3/h8-9H,5-7,13H2,1-4H3,(H2,14,15,16,17,18). The van der Waals surface area contributed by atoms with Gasteiger partial charge < -0.3 is 10.1 Å². The molecule has 1 aromatic rings. The third kappa shape index (κ3) is 5.69. The molecule has 0 saturated carbocycles. The fraction of sp³-hybridized carbons (Fsp3) is 0.750. The number of nitrogen functional groups attached to an aromatic ring is 1. The number of ether oxygens (including phenoxy) is 1. The molecule has 0 saturated heterocycles. The normalized spacial score (nSPS) is 12.3. The lowest BCUT2D eigenvalue weighted by molar-refractivity contribution is 0.312. The first kappa shape index (κ1) is 15.4.